The number of thiazole rings is 1. The monoisotopic (exact) mass is 485 g/mol. The van der Waals surface area contributed by atoms with E-state index in [1.54, 1.807) is 26.0 Å². The van der Waals surface area contributed by atoms with Crippen molar-refractivity contribution in [2.45, 2.75) is 32.1 Å². The minimum atomic E-state index is -3.67. The first-order valence-corrected chi connectivity index (χ1v) is 13.1. The smallest absolute Gasteiger partial charge is 0.267 e. The molecule has 0 spiro atoms. The van der Waals surface area contributed by atoms with E-state index < -0.39 is 10.0 Å². The normalized spacial score (nSPS) is 14.9. The predicted octanol–water partition coefficient (Wildman–Crippen LogP) is 4.26. The number of amides is 1. The third-order valence-electron chi connectivity index (χ3n) is 5.65. The number of benzene rings is 2. The van der Waals surface area contributed by atoms with Crippen LogP contribution in [-0.2, 0) is 21.2 Å². The molecule has 1 aliphatic rings. The van der Waals surface area contributed by atoms with Crippen LogP contribution in [0.1, 0.15) is 33.4 Å². The Morgan fingerprint density at radius 3 is 2.48 bits per heavy atom. The van der Waals surface area contributed by atoms with Gasteiger partial charge in [-0.15, -0.1) is 11.3 Å². The molecule has 0 unspecified atom stereocenters. The van der Waals surface area contributed by atoms with Crippen LogP contribution in [0.3, 0.4) is 0 Å². The second-order valence-electron chi connectivity index (χ2n) is 7.93. The van der Waals surface area contributed by atoms with Crippen molar-refractivity contribution in [1.29, 1.82) is 0 Å². The molecule has 33 heavy (non-hydrogen) atoms. The molecule has 1 saturated heterocycles. The van der Waals surface area contributed by atoms with Crippen molar-refractivity contribution in [3.63, 3.8) is 0 Å². The van der Waals surface area contributed by atoms with E-state index >= 15 is 0 Å². The molecule has 4 rings (SSSR count). The van der Waals surface area contributed by atoms with Crippen LogP contribution in [-0.4, -0.2) is 49.9 Å². The van der Waals surface area contributed by atoms with Crippen molar-refractivity contribution >= 4 is 33.0 Å². The largest absolute Gasteiger partial charge is 0.379 e. The van der Waals surface area contributed by atoms with Gasteiger partial charge >= 0.3 is 0 Å². The molecule has 174 valence electrons. The summed E-state index contributed by atoms with van der Waals surface area (Å²) < 4.78 is 33.0. The van der Waals surface area contributed by atoms with E-state index in [-0.39, 0.29) is 10.8 Å². The maximum absolute atomic E-state index is 13.1. The van der Waals surface area contributed by atoms with Gasteiger partial charge in [0, 0.05) is 24.3 Å². The van der Waals surface area contributed by atoms with Crippen LogP contribution in [0.4, 0.5) is 5.69 Å². The minimum Gasteiger partial charge on any atom is -0.379 e. The van der Waals surface area contributed by atoms with Gasteiger partial charge in [-0.25, -0.2) is 13.4 Å². The number of rotatable bonds is 6. The summed E-state index contributed by atoms with van der Waals surface area (Å²) in [6, 6.07) is 13.1. The van der Waals surface area contributed by atoms with Gasteiger partial charge in [-0.1, -0.05) is 37.3 Å². The van der Waals surface area contributed by atoms with Crippen LogP contribution >= 0.6 is 11.3 Å². The van der Waals surface area contributed by atoms with Crippen LogP contribution in [0.15, 0.2) is 47.4 Å². The number of sulfonamides is 1. The number of morpholine rings is 1. The fourth-order valence-electron chi connectivity index (χ4n) is 3.68. The number of aromatic nitrogens is 1. The van der Waals surface area contributed by atoms with E-state index in [9.17, 15) is 13.2 Å². The van der Waals surface area contributed by atoms with E-state index in [0.29, 0.717) is 48.1 Å². The molecule has 3 aromatic rings. The molecule has 9 heteroatoms. The Morgan fingerprint density at radius 2 is 1.82 bits per heavy atom. The predicted molar refractivity (Wildman–Crippen MR) is 130 cm³/mol. The van der Waals surface area contributed by atoms with E-state index in [1.165, 1.54) is 27.3 Å². The zero-order valence-electron chi connectivity index (χ0n) is 18.9. The number of carbonyl (C=O) groups is 1. The summed E-state index contributed by atoms with van der Waals surface area (Å²) in [4.78, 5) is 18.3. The first-order valence-electron chi connectivity index (χ1n) is 10.9. The van der Waals surface area contributed by atoms with Gasteiger partial charge in [0.25, 0.3) is 5.91 Å². The number of hydrogen-bond acceptors (Lipinski definition) is 6. The van der Waals surface area contributed by atoms with E-state index in [2.05, 4.69) is 29.4 Å². The second kappa shape index (κ2) is 9.72. The van der Waals surface area contributed by atoms with Crippen molar-refractivity contribution in [3.05, 3.63) is 64.2 Å². The SMILES string of the molecule is CCc1ccc(-c2nc(C)c(C(=O)Nc3ccc(C)c(S(=O)(=O)N4CCOCC4)c3)s2)cc1. The van der Waals surface area contributed by atoms with Gasteiger partial charge in [0.15, 0.2) is 0 Å². The van der Waals surface area contributed by atoms with Gasteiger partial charge in [0.1, 0.15) is 9.88 Å². The number of carbonyl (C=O) groups excluding carboxylic acids is 1. The molecule has 2 heterocycles. The Morgan fingerprint density at radius 1 is 1.12 bits per heavy atom. The molecule has 1 fully saturated rings. The topological polar surface area (TPSA) is 88.6 Å². The van der Waals surface area contributed by atoms with Crippen molar-refractivity contribution in [2.75, 3.05) is 31.6 Å². The number of nitrogens with zero attached hydrogens (tertiary/aromatic N) is 2. The highest BCUT2D eigenvalue weighted by Gasteiger charge is 2.28. The van der Waals surface area contributed by atoms with Gasteiger partial charge < -0.3 is 10.1 Å². The summed E-state index contributed by atoms with van der Waals surface area (Å²) in [6.45, 7) is 7.06. The lowest BCUT2D eigenvalue weighted by atomic mass is 10.1. The standard InChI is InChI=1S/C24H27N3O4S2/c1-4-18-6-8-19(9-7-18)24-25-17(3)22(32-24)23(28)26-20-10-5-16(2)21(15-20)33(29,30)27-11-13-31-14-12-27/h5-10,15H,4,11-14H2,1-3H3,(H,26,28). The highest BCUT2D eigenvalue weighted by Crippen LogP contribution is 2.30. The number of ether oxygens (including phenoxy) is 1. The molecular formula is C24H27N3O4S2. The number of nitrogens with one attached hydrogen (secondary N) is 1. The molecule has 1 aromatic heterocycles. The zero-order chi connectivity index (χ0) is 23.6. The molecule has 0 aliphatic carbocycles. The van der Waals surface area contributed by atoms with Gasteiger partial charge in [-0.2, -0.15) is 4.31 Å². The molecule has 0 radical (unpaired) electrons. The molecule has 0 saturated carbocycles. The molecule has 1 amide bonds. The van der Waals surface area contributed by atoms with Gasteiger partial charge in [0.05, 0.1) is 23.8 Å². The fourth-order valence-corrected chi connectivity index (χ4v) is 6.31. The maximum Gasteiger partial charge on any atom is 0.267 e. The van der Waals surface area contributed by atoms with E-state index in [1.807, 2.05) is 12.1 Å². The Bertz CT molecular complexity index is 1260. The van der Waals surface area contributed by atoms with Crippen molar-refractivity contribution < 1.29 is 17.9 Å². The van der Waals surface area contributed by atoms with Crippen molar-refractivity contribution in [1.82, 2.24) is 9.29 Å². The maximum atomic E-state index is 13.1. The lowest BCUT2D eigenvalue weighted by Crippen LogP contribution is -2.40. The summed E-state index contributed by atoms with van der Waals surface area (Å²) in [5, 5.41) is 3.63. The molecule has 1 N–H and O–H groups in total. The zero-order valence-corrected chi connectivity index (χ0v) is 20.6. The Balaban J connectivity index is 1.56. The highest BCUT2D eigenvalue weighted by molar-refractivity contribution is 7.89. The summed E-state index contributed by atoms with van der Waals surface area (Å²) in [5.74, 6) is -0.306. The quantitative estimate of drug-likeness (QED) is 0.564. The van der Waals surface area contributed by atoms with E-state index in [4.69, 9.17) is 4.74 Å². The molecular weight excluding hydrogens is 458 g/mol. The van der Waals surface area contributed by atoms with Crippen LogP contribution < -0.4 is 5.32 Å². The molecule has 0 atom stereocenters. The van der Waals surface area contributed by atoms with Gasteiger partial charge in [-0.3, -0.25) is 4.79 Å². The molecule has 0 bridgehead atoms. The first kappa shape index (κ1) is 23.6. The lowest BCUT2D eigenvalue weighted by Gasteiger charge is -2.26. The summed E-state index contributed by atoms with van der Waals surface area (Å²) in [5.41, 5.74) is 3.91. The lowest BCUT2D eigenvalue weighted by molar-refractivity contribution is 0.0730. The highest BCUT2D eigenvalue weighted by atomic mass is 32.2. The van der Waals surface area contributed by atoms with Crippen LogP contribution in [0.2, 0.25) is 0 Å². The third kappa shape index (κ3) is 5.01. The Kier molecular flexibility index (Phi) is 6.94. The van der Waals surface area contributed by atoms with Gasteiger partial charge in [-0.05, 0) is 43.5 Å². The fraction of sp³-hybridized carbons (Fsp3) is 0.333. The van der Waals surface area contributed by atoms with Crippen LogP contribution in [0, 0.1) is 13.8 Å². The molecule has 1 aliphatic heterocycles. The second-order valence-corrected chi connectivity index (χ2v) is 10.8. The molecule has 2 aromatic carbocycles. The van der Waals surface area contributed by atoms with Gasteiger partial charge in [0.2, 0.25) is 10.0 Å². The van der Waals surface area contributed by atoms with Crippen LogP contribution in [0.5, 0.6) is 0 Å². The van der Waals surface area contributed by atoms with Crippen LogP contribution in [0.25, 0.3) is 10.6 Å². The summed E-state index contributed by atoms with van der Waals surface area (Å²) >= 11 is 1.33. The summed E-state index contributed by atoms with van der Waals surface area (Å²) in [6.07, 6.45) is 0.963. The minimum absolute atomic E-state index is 0.194. The Hall–Kier alpha value is -2.59. The molecule has 7 nitrogen and oxygen atoms in total. The third-order valence-corrected chi connectivity index (χ3v) is 8.89. The number of anilines is 1. The first-order chi connectivity index (χ1) is 15.8. The Labute approximate surface area is 198 Å². The number of aryl methyl sites for hydroxylation is 3. The summed E-state index contributed by atoms with van der Waals surface area (Å²) in [7, 11) is -3.67. The van der Waals surface area contributed by atoms with Crippen molar-refractivity contribution in [2.24, 2.45) is 0 Å². The number of hydrogen-bond donors (Lipinski definition) is 1. The average Bonchev–Trinajstić information content (AvgIpc) is 3.22. The average molecular weight is 486 g/mol. The van der Waals surface area contributed by atoms with E-state index in [0.717, 1.165) is 17.0 Å². The van der Waals surface area contributed by atoms with Crippen molar-refractivity contribution in [3.8, 4) is 10.6 Å².